The van der Waals surface area contributed by atoms with Gasteiger partial charge in [0.2, 0.25) is 11.8 Å². The van der Waals surface area contributed by atoms with Crippen molar-refractivity contribution in [2.45, 2.75) is 25.3 Å². The predicted molar refractivity (Wildman–Crippen MR) is 54.9 cm³/mol. The van der Waals surface area contributed by atoms with Crippen LogP contribution in [0.4, 0.5) is 0 Å². The summed E-state index contributed by atoms with van der Waals surface area (Å²) in [5, 5.41) is 3.20. The van der Waals surface area contributed by atoms with Gasteiger partial charge in [0.25, 0.3) is 0 Å². The second-order valence-electron chi connectivity index (χ2n) is 4.38. The Morgan fingerprint density at radius 1 is 1.33 bits per heavy atom. The molecular weight excluding hydrogens is 194 g/mol. The van der Waals surface area contributed by atoms with Crippen LogP contribution in [-0.2, 0) is 9.59 Å². The maximum absolute atomic E-state index is 11.5. The van der Waals surface area contributed by atoms with Crippen LogP contribution in [0.2, 0.25) is 0 Å². The number of rotatable bonds is 5. The van der Waals surface area contributed by atoms with E-state index in [0.29, 0.717) is 30.8 Å². The van der Waals surface area contributed by atoms with Crippen LogP contribution in [0.3, 0.4) is 0 Å². The van der Waals surface area contributed by atoms with E-state index >= 15 is 0 Å². The molecule has 1 aliphatic heterocycles. The first-order chi connectivity index (χ1) is 7.16. The highest BCUT2D eigenvalue weighted by molar-refractivity contribution is 5.81. The number of likely N-dealkylation sites (tertiary alicyclic amines) is 1. The molecule has 2 fully saturated rings. The van der Waals surface area contributed by atoms with Crippen molar-refractivity contribution in [3.8, 4) is 0 Å². The molecule has 1 saturated heterocycles. The molecule has 2 rings (SSSR count). The fourth-order valence-electron chi connectivity index (χ4n) is 1.78. The number of nitrogens with one attached hydrogen (secondary N) is 1. The van der Waals surface area contributed by atoms with Gasteiger partial charge in [-0.3, -0.25) is 9.59 Å². The average molecular weight is 211 g/mol. The highest BCUT2D eigenvalue weighted by Gasteiger charge is 2.38. The maximum Gasteiger partial charge on any atom is 0.225 e. The highest BCUT2D eigenvalue weighted by Crippen LogP contribution is 2.32. The highest BCUT2D eigenvalue weighted by atomic mass is 16.2. The summed E-state index contributed by atoms with van der Waals surface area (Å²) in [6.45, 7) is 2.19. The largest absolute Gasteiger partial charge is 0.370 e. The van der Waals surface area contributed by atoms with Crippen molar-refractivity contribution in [1.29, 1.82) is 0 Å². The van der Waals surface area contributed by atoms with Crippen LogP contribution in [0.25, 0.3) is 0 Å². The predicted octanol–water partition coefficient (Wildman–Crippen LogP) is -0.928. The molecule has 0 aromatic heterocycles. The van der Waals surface area contributed by atoms with E-state index in [1.807, 2.05) is 4.90 Å². The van der Waals surface area contributed by atoms with E-state index in [0.717, 1.165) is 25.9 Å². The van der Waals surface area contributed by atoms with Gasteiger partial charge in [-0.15, -0.1) is 0 Å². The second kappa shape index (κ2) is 4.18. The summed E-state index contributed by atoms with van der Waals surface area (Å²) >= 11 is 0. The van der Waals surface area contributed by atoms with E-state index in [2.05, 4.69) is 5.32 Å². The number of amides is 2. The van der Waals surface area contributed by atoms with E-state index in [9.17, 15) is 9.59 Å². The third-order valence-corrected chi connectivity index (χ3v) is 2.92. The van der Waals surface area contributed by atoms with Gasteiger partial charge in [0, 0.05) is 38.0 Å². The molecular formula is C10H17N3O2. The minimum absolute atomic E-state index is 0.285. The van der Waals surface area contributed by atoms with Gasteiger partial charge in [-0.2, -0.15) is 0 Å². The monoisotopic (exact) mass is 211 g/mol. The summed E-state index contributed by atoms with van der Waals surface area (Å²) in [7, 11) is 0. The van der Waals surface area contributed by atoms with Gasteiger partial charge in [-0.05, 0) is 12.8 Å². The molecule has 0 radical (unpaired) electrons. The van der Waals surface area contributed by atoms with E-state index in [-0.39, 0.29) is 5.91 Å². The molecule has 0 spiro atoms. The summed E-state index contributed by atoms with van der Waals surface area (Å²) in [5.41, 5.74) is 5.02. The van der Waals surface area contributed by atoms with Crippen LogP contribution in [-0.4, -0.2) is 42.4 Å². The van der Waals surface area contributed by atoms with Gasteiger partial charge >= 0.3 is 0 Å². The average Bonchev–Trinajstić information content (AvgIpc) is 2.90. The molecule has 5 heteroatoms. The Morgan fingerprint density at radius 3 is 2.53 bits per heavy atom. The van der Waals surface area contributed by atoms with E-state index in [1.165, 1.54) is 0 Å². The molecule has 1 saturated carbocycles. The number of nitrogens with zero attached hydrogens (tertiary/aromatic N) is 1. The van der Waals surface area contributed by atoms with E-state index in [1.54, 1.807) is 0 Å². The smallest absolute Gasteiger partial charge is 0.225 e. The summed E-state index contributed by atoms with van der Waals surface area (Å²) in [6.07, 6.45) is 2.50. The van der Waals surface area contributed by atoms with E-state index in [4.69, 9.17) is 5.73 Å². The number of primary amides is 1. The van der Waals surface area contributed by atoms with Crippen molar-refractivity contribution < 1.29 is 9.59 Å². The Kier molecular flexibility index (Phi) is 2.90. The van der Waals surface area contributed by atoms with Gasteiger partial charge in [-0.25, -0.2) is 0 Å². The Morgan fingerprint density at radius 2 is 2.00 bits per heavy atom. The lowest BCUT2D eigenvalue weighted by Gasteiger charge is -2.40. The number of carbonyl (C=O) groups is 2. The van der Waals surface area contributed by atoms with Gasteiger partial charge < -0.3 is 16.0 Å². The molecule has 0 atom stereocenters. The zero-order valence-electron chi connectivity index (χ0n) is 8.74. The third kappa shape index (κ3) is 2.68. The summed E-state index contributed by atoms with van der Waals surface area (Å²) in [5.74, 6) is 0.340. The lowest BCUT2D eigenvalue weighted by molar-refractivity contribution is -0.137. The van der Waals surface area contributed by atoms with Crippen LogP contribution in [0.5, 0.6) is 0 Å². The van der Waals surface area contributed by atoms with Crippen molar-refractivity contribution in [3.05, 3.63) is 0 Å². The van der Waals surface area contributed by atoms with Crippen molar-refractivity contribution >= 4 is 11.8 Å². The second-order valence-corrected chi connectivity index (χ2v) is 4.38. The molecule has 1 aliphatic carbocycles. The zero-order valence-corrected chi connectivity index (χ0v) is 8.74. The third-order valence-electron chi connectivity index (χ3n) is 2.92. The first kappa shape index (κ1) is 10.4. The molecule has 0 aromatic carbocycles. The SMILES string of the molecule is NC(=O)CCNC1CN(C(=O)C2CC2)C1. The molecule has 0 bridgehead atoms. The standard InChI is InChI=1S/C10H17N3O2/c11-9(14)3-4-12-8-5-13(6-8)10(15)7-1-2-7/h7-8,12H,1-6H2,(H2,11,14). The minimum Gasteiger partial charge on any atom is -0.370 e. The topological polar surface area (TPSA) is 75.4 Å². The summed E-state index contributed by atoms with van der Waals surface area (Å²) in [6, 6.07) is 0.354. The number of hydrogen-bond acceptors (Lipinski definition) is 3. The molecule has 2 amide bonds. The first-order valence-corrected chi connectivity index (χ1v) is 5.47. The number of hydrogen-bond donors (Lipinski definition) is 2. The van der Waals surface area contributed by atoms with Crippen LogP contribution < -0.4 is 11.1 Å². The van der Waals surface area contributed by atoms with Crippen LogP contribution in [0.1, 0.15) is 19.3 Å². The Bertz CT molecular complexity index is 270. The summed E-state index contributed by atoms with van der Waals surface area (Å²) in [4.78, 5) is 23.9. The molecule has 1 heterocycles. The van der Waals surface area contributed by atoms with Crippen molar-refractivity contribution in [1.82, 2.24) is 10.2 Å². The first-order valence-electron chi connectivity index (χ1n) is 5.47. The van der Waals surface area contributed by atoms with Gasteiger partial charge in [-0.1, -0.05) is 0 Å². The molecule has 84 valence electrons. The lowest BCUT2D eigenvalue weighted by atomic mass is 10.1. The molecule has 5 nitrogen and oxygen atoms in total. The number of carbonyl (C=O) groups excluding carboxylic acids is 2. The van der Waals surface area contributed by atoms with Crippen LogP contribution >= 0.6 is 0 Å². The van der Waals surface area contributed by atoms with Crippen molar-refractivity contribution in [2.75, 3.05) is 19.6 Å². The van der Waals surface area contributed by atoms with Crippen LogP contribution in [0, 0.1) is 5.92 Å². The van der Waals surface area contributed by atoms with Gasteiger partial charge in [0.1, 0.15) is 0 Å². The van der Waals surface area contributed by atoms with Crippen LogP contribution in [0.15, 0.2) is 0 Å². The zero-order chi connectivity index (χ0) is 10.8. The molecule has 2 aliphatic rings. The normalized spacial score (nSPS) is 21.2. The van der Waals surface area contributed by atoms with Gasteiger partial charge in [0.05, 0.1) is 0 Å². The van der Waals surface area contributed by atoms with Crippen molar-refractivity contribution in [2.24, 2.45) is 11.7 Å². The Balaban J connectivity index is 1.57. The summed E-state index contributed by atoms with van der Waals surface area (Å²) < 4.78 is 0. The van der Waals surface area contributed by atoms with Gasteiger partial charge in [0.15, 0.2) is 0 Å². The minimum atomic E-state index is -0.285. The Labute approximate surface area is 89.0 Å². The molecule has 15 heavy (non-hydrogen) atoms. The quantitative estimate of drug-likeness (QED) is 0.617. The number of nitrogens with two attached hydrogens (primary N) is 1. The fourth-order valence-corrected chi connectivity index (χ4v) is 1.78. The molecule has 3 N–H and O–H groups in total. The maximum atomic E-state index is 11.5. The molecule has 0 aromatic rings. The Hall–Kier alpha value is -1.10. The molecule has 0 unspecified atom stereocenters. The van der Waals surface area contributed by atoms with Crippen molar-refractivity contribution in [3.63, 3.8) is 0 Å². The van der Waals surface area contributed by atoms with E-state index < -0.39 is 0 Å². The fraction of sp³-hybridized carbons (Fsp3) is 0.800. The lowest BCUT2D eigenvalue weighted by Crippen LogP contribution is -2.60.